The molecule has 0 atom stereocenters. The van der Waals surface area contributed by atoms with E-state index in [1.165, 1.54) is 4.68 Å². The summed E-state index contributed by atoms with van der Waals surface area (Å²) in [5.74, 6) is 1.19. The minimum Gasteiger partial charge on any atom is -0.493 e. The van der Waals surface area contributed by atoms with E-state index in [1.807, 2.05) is 55.6 Å². The van der Waals surface area contributed by atoms with Crippen LogP contribution in [0.4, 0.5) is 0 Å². The van der Waals surface area contributed by atoms with Gasteiger partial charge in [-0.3, -0.25) is 0 Å². The Bertz CT molecular complexity index is 848. The topological polar surface area (TPSA) is 86.1 Å². The first-order chi connectivity index (χ1) is 13.3. The lowest BCUT2D eigenvalue weighted by atomic mass is 10.2. The van der Waals surface area contributed by atoms with Gasteiger partial charge in [-0.1, -0.05) is 29.4 Å². The van der Waals surface area contributed by atoms with Crippen LogP contribution in [0.3, 0.4) is 0 Å². The van der Waals surface area contributed by atoms with Crippen molar-refractivity contribution in [3.8, 4) is 23.2 Å². The van der Waals surface area contributed by atoms with E-state index in [0.717, 1.165) is 37.3 Å². The summed E-state index contributed by atoms with van der Waals surface area (Å²) >= 11 is 0. The van der Waals surface area contributed by atoms with Gasteiger partial charge >= 0.3 is 6.01 Å². The number of nitrogens with one attached hydrogen (secondary N) is 2. The average Bonchev–Trinajstić information content (AvgIpc) is 3.17. The molecule has 0 aliphatic carbocycles. The van der Waals surface area contributed by atoms with Crippen molar-refractivity contribution in [1.82, 2.24) is 30.8 Å². The number of aromatic nitrogens is 4. The molecule has 3 aromatic rings. The van der Waals surface area contributed by atoms with Crippen LogP contribution in [0.1, 0.15) is 12.0 Å². The molecular weight excluding hydrogens is 415 g/mol. The molecule has 29 heavy (non-hydrogen) atoms. The molecule has 0 fully saturated rings. The number of rotatable bonds is 10. The highest BCUT2D eigenvalue weighted by Gasteiger charge is 2.14. The average molecular weight is 441 g/mol. The molecule has 1 heterocycles. The number of methoxy groups -OCH3 is 1. The van der Waals surface area contributed by atoms with E-state index in [0.29, 0.717) is 11.5 Å². The predicted octanol–water partition coefficient (Wildman–Crippen LogP) is 3.01. The van der Waals surface area contributed by atoms with Gasteiger partial charge in [-0.2, -0.15) is 4.68 Å². The third kappa shape index (κ3) is 6.86. The monoisotopic (exact) mass is 440 g/mol. The molecule has 0 saturated heterocycles. The summed E-state index contributed by atoms with van der Waals surface area (Å²) in [5.41, 5.74) is 1.94. The van der Waals surface area contributed by atoms with Gasteiger partial charge in [-0.15, -0.1) is 24.8 Å². The number of para-hydroxylation sites is 1. The highest BCUT2D eigenvalue weighted by Crippen LogP contribution is 2.32. The highest BCUT2D eigenvalue weighted by atomic mass is 35.5. The molecular formula is C19H26Cl2N6O2. The van der Waals surface area contributed by atoms with E-state index < -0.39 is 0 Å². The Kier molecular flexibility index (Phi) is 11.0. The quantitative estimate of drug-likeness (QED) is 0.468. The second-order valence-corrected chi connectivity index (χ2v) is 5.93. The highest BCUT2D eigenvalue weighted by molar-refractivity contribution is 5.85. The summed E-state index contributed by atoms with van der Waals surface area (Å²) in [4.78, 5) is 0. The van der Waals surface area contributed by atoms with Crippen LogP contribution in [0.15, 0.2) is 48.5 Å². The van der Waals surface area contributed by atoms with Gasteiger partial charge < -0.3 is 20.1 Å². The lowest BCUT2D eigenvalue weighted by Gasteiger charge is -2.12. The van der Waals surface area contributed by atoms with E-state index in [1.54, 1.807) is 7.11 Å². The summed E-state index contributed by atoms with van der Waals surface area (Å²) in [5, 5.41) is 18.2. The molecule has 0 radical (unpaired) electrons. The van der Waals surface area contributed by atoms with E-state index in [4.69, 9.17) is 9.47 Å². The van der Waals surface area contributed by atoms with Crippen LogP contribution in [0.2, 0.25) is 0 Å². The Balaban J connectivity index is 0.00000210. The lowest BCUT2D eigenvalue weighted by Crippen LogP contribution is -2.19. The van der Waals surface area contributed by atoms with Crippen LogP contribution in [0, 0.1) is 0 Å². The summed E-state index contributed by atoms with van der Waals surface area (Å²) in [6, 6.07) is 15.7. The number of ether oxygens (including phenoxy) is 2. The Hall–Kier alpha value is -2.39. The normalized spacial score (nSPS) is 10.0. The van der Waals surface area contributed by atoms with Crippen LogP contribution >= 0.6 is 24.8 Å². The molecule has 0 unspecified atom stereocenters. The van der Waals surface area contributed by atoms with Gasteiger partial charge in [0.25, 0.3) is 0 Å². The molecule has 2 N–H and O–H groups in total. The van der Waals surface area contributed by atoms with Gasteiger partial charge in [0, 0.05) is 6.54 Å². The third-order valence-corrected chi connectivity index (χ3v) is 3.98. The zero-order valence-corrected chi connectivity index (χ0v) is 18.0. The minimum absolute atomic E-state index is 0. The van der Waals surface area contributed by atoms with Gasteiger partial charge in [-0.25, -0.2) is 0 Å². The predicted molar refractivity (Wildman–Crippen MR) is 117 cm³/mol. The summed E-state index contributed by atoms with van der Waals surface area (Å²) in [6.07, 6.45) is 1.08. The Morgan fingerprint density at radius 1 is 1.00 bits per heavy atom. The van der Waals surface area contributed by atoms with E-state index in [9.17, 15) is 0 Å². The molecule has 0 saturated carbocycles. The molecule has 0 amide bonds. The van der Waals surface area contributed by atoms with Crippen molar-refractivity contribution in [2.24, 2.45) is 0 Å². The van der Waals surface area contributed by atoms with Crippen molar-refractivity contribution in [2.45, 2.75) is 13.0 Å². The summed E-state index contributed by atoms with van der Waals surface area (Å²) in [7, 11) is 3.57. The van der Waals surface area contributed by atoms with Gasteiger partial charge in [-0.05, 0) is 66.8 Å². The van der Waals surface area contributed by atoms with E-state index in [2.05, 4.69) is 26.2 Å². The fourth-order valence-electron chi connectivity index (χ4n) is 2.60. The molecule has 3 rings (SSSR count). The number of tetrazole rings is 1. The Labute approximate surface area is 182 Å². The molecule has 1 aromatic heterocycles. The third-order valence-electron chi connectivity index (χ3n) is 3.98. The molecule has 10 heteroatoms. The SMILES string of the molecule is CNCCCNCc1ccc(Oc2nnnn2-c2ccccc2)c(OC)c1.Cl.Cl. The fraction of sp³-hybridized carbons (Fsp3) is 0.316. The van der Waals surface area contributed by atoms with E-state index >= 15 is 0 Å². The van der Waals surface area contributed by atoms with Crippen LogP contribution in [-0.4, -0.2) is 47.5 Å². The number of hydrogen-bond donors (Lipinski definition) is 2. The molecule has 0 aliphatic rings. The summed E-state index contributed by atoms with van der Waals surface area (Å²) < 4.78 is 12.9. The zero-order valence-electron chi connectivity index (χ0n) is 16.4. The molecule has 0 bridgehead atoms. The molecule has 8 nitrogen and oxygen atoms in total. The number of halogens is 2. The number of hydrogen-bond acceptors (Lipinski definition) is 7. The van der Waals surface area contributed by atoms with Crippen molar-refractivity contribution in [3.05, 3.63) is 54.1 Å². The second-order valence-electron chi connectivity index (χ2n) is 5.93. The van der Waals surface area contributed by atoms with Crippen molar-refractivity contribution >= 4 is 24.8 Å². The standard InChI is InChI=1S/C19H24N6O2.2ClH/c1-20-11-6-12-21-14-15-9-10-17(18(13-15)26-2)27-19-22-23-24-25(19)16-7-4-3-5-8-16;;/h3-5,7-10,13,20-21H,6,11-12,14H2,1-2H3;2*1H. The first-order valence-corrected chi connectivity index (χ1v) is 8.85. The number of nitrogens with zero attached hydrogens (tertiary/aromatic N) is 4. The molecule has 0 spiro atoms. The van der Waals surface area contributed by atoms with Crippen LogP contribution in [-0.2, 0) is 6.54 Å². The van der Waals surface area contributed by atoms with Gasteiger partial charge in [0.15, 0.2) is 11.5 Å². The first kappa shape index (κ1) is 24.6. The van der Waals surface area contributed by atoms with Crippen molar-refractivity contribution in [3.63, 3.8) is 0 Å². The first-order valence-electron chi connectivity index (χ1n) is 8.85. The van der Waals surface area contributed by atoms with Gasteiger partial charge in [0.05, 0.1) is 12.8 Å². The Morgan fingerprint density at radius 3 is 2.52 bits per heavy atom. The largest absolute Gasteiger partial charge is 0.493 e. The van der Waals surface area contributed by atoms with Crippen molar-refractivity contribution in [2.75, 3.05) is 27.2 Å². The lowest BCUT2D eigenvalue weighted by molar-refractivity contribution is 0.362. The fourth-order valence-corrected chi connectivity index (χ4v) is 2.60. The smallest absolute Gasteiger partial charge is 0.346 e. The van der Waals surface area contributed by atoms with Gasteiger partial charge in [0.2, 0.25) is 0 Å². The maximum atomic E-state index is 5.91. The number of benzene rings is 2. The molecule has 0 aliphatic heterocycles. The maximum Gasteiger partial charge on any atom is 0.346 e. The van der Waals surface area contributed by atoms with Crippen molar-refractivity contribution < 1.29 is 9.47 Å². The minimum atomic E-state index is 0. The maximum absolute atomic E-state index is 5.91. The van der Waals surface area contributed by atoms with E-state index in [-0.39, 0.29) is 30.8 Å². The van der Waals surface area contributed by atoms with Crippen molar-refractivity contribution in [1.29, 1.82) is 0 Å². The van der Waals surface area contributed by atoms with Gasteiger partial charge in [0.1, 0.15) is 0 Å². The molecule has 158 valence electrons. The van der Waals surface area contributed by atoms with Crippen LogP contribution in [0.25, 0.3) is 5.69 Å². The second kappa shape index (κ2) is 12.9. The summed E-state index contributed by atoms with van der Waals surface area (Å²) in [6.45, 7) is 2.72. The zero-order chi connectivity index (χ0) is 18.9. The van der Waals surface area contributed by atoms with Crippen LogP contribution in [0.5, 0.6) is 17.5 Å². The van der Waals surface area contributed by atoms with Crippen LogP contribution < -0.4 is 20.1 Å². The molecule has 2 aromatic carbocycles. The Morgan fingerprint density at radius 2 is 1.79 bits per heavy atom.